The quantitative estimate of drug-likeness (QED) is 0.833. The number of fused-ring (bicyclic) bond motifs is 2. The van der Waals surface area contributed by atoms with Crippen molar-refractivity contribution in [2.24, 2.45) is 11.6 Å². The zero-order valence-corrected chi connectivity index (χ0v) is 10.7. The molecule has 0 heterocycles. The molecule has 2 N–H and O–H groups in total. The lowest BCUT2D eigenvalue weighted by molar-refractivity contribution is -0.121. The Labute approximate surface area is 119 Å². The van der Waals surface area contributed by atoms with Crippen LogP contribution in [0.4, 0.5) is 0 Å². The average Bonchev–Trinajstić information content (AvgIpc) is 2.77. The third-order valence-electron chi connectivity index (χ3n) is 3.50. The van der Waals surface area contributed by atoms with E-state index < -0.39 is 31.0 Å². The SMILES string of the molecule is [2H]C1(C(N)=O)CC([2H])([2H])C([2H])([2H])C2=C1Cc1c(C)cc(Cl)cc12. The minimum Gasteiger partial charge on any atom is -0.369 e. The first-order valence-corrected chi connectivity index (χ1v) is 6.13. The molecule has 0 radical (unpaired) electrons. The molecule has 2 aliphatic carbocycles. The van der Waals surface area contributed by atoms with Crippen LogP contribution in [0, 0.1) is 12.8 Å². The maximum absolute atomic E-state index is 11.9. The van der Waals surface area contributed by atoms with Gasteiger partial charge < -0.3 is 5.73 Å². The highest BCUT2D eigenvalue weighted by Crippen LogP contribution is 2.45. The van der Waals surface area contributed by atoms with Crippen molar-refractivity contribution >= 4 is 23.1 Å². The Kier molecular flexibility index (Phi) is 1.68. The number of aryl methyl sites for hydroxylation is 1. The summed E-state index contributed by atoms with van der Waals surface area (Å²) < 4.78 is 41.2. The number of hydrogen-bond donors (Lipinski definition) is 1. The number of allylic oxidation sites excluding steroid dienone is 1. The lowest BCUT2D eigenvalue weighted by atomic mass is 9.82. The minimum atomic E-state index is -2.39. The molecule has 0 aliphatic heterocycles. The second kappa shape index (κ2) is 4.13. The van der Waals surface area contributed by atoms with Crippen LogP contribution < -0.4 is 5.73 Å². The molecule has 2 aliphatic rings. The van der Waals surface area contributed by atoms with E-state index >= 15 is 0 Å². The first-order chi connectivity index (χ1) is 10.4. The lowest BCUT2D eigenvalue weighted by Crippen LogP contribution is -2.27. The molecule has 0 spiro atoms. The van der Waals surface area contributed by atoms with Crippen LogP contribution in [0.2, 0.25) is 5.02 Å². The molecule has 2 nitrogen and oxygen atoms in total. The monoisotopic (exact) mass is 266 g/mol. The summed E-state index contributed by atoms with van der Waals surface area (Å²) >= 11 is 6.08. The second-order valence-corrected chi connectivity index (χ2v) is 5.04. The molecule has 0 aromatic heterocycles. The highest BCUT2D eigenvalue weighted by molar-refractivity contribution is 6.30. The fraction of sp³-hybridized carbons (Fsp3) is 0.400. The molecule has 0 fully saturated rings. The van der Waals surface area contributed by atoms with E-state index in [1.54, 1.807) is 12.1 Å². The number of nitrogens with two attached hydrogens (primary N) is 1. The highest BCUT2D eigenvalue weighted by atomic mass is 35.5. The molecule has 0 saturated heterocycles. The Bertz CT molecular complexity index is 773. The van der Waals surface area contributed by atoms with Crippen LogP contribution in [0.25, 0.3) is 5.57 Å². The van der Waals surface area contributed by atoms with Gasteiger partial charge in [-0.05, 0) is 72.5 Å². The van der Waals surface area contributed by atoms with E-state index in [1.807, 2.05) is 6.92 Å². The zero-order chi connectivity index (χ0) is 17.4. The van der Waals surface area contributed by atoms with Crippen molar-refractivity contribution in [2.75, 3.05) is 0 Å². The van der Waals surface area contributed by atoms with Gasteiger partial charge in [0.1, 0.15) is 0 Å². The third-order valence-corrected chi connectivity index (χ3v) is 3.72. The number of carbonyl (C=O) groups is 1. The largest absolute Gasteiger partial charge is 0.369 e. The fourth-order valence-electron chi connectivity index (χ4n) is 2.62. The second-order valence-electron chi connectivity index (χ2n) is 4.60. The summed E-state index contributed by atoms with van der Waals surface area (Å²) in [6.45, 7) is 1.82. The van der Waals surface area contributed by atoms with Crippen LogP contribution in [-0.2, 0) is 11.2 Å². The number of primary amides is 1. The van der Waals surface area contributed by atoms with Crippen molar-refractivity contribution in [3.63, 3.8) is 0 Å². The summed E-state index contributed by atoms with van der Waals surface area (Å²) in [7, 11) is 0. The van der Waals surface area contributed by atoms with E-state index in [2.05, 4.69) is 0 Å². The van der Waals surface area contributed by atoms with Gasteiger partial charge in [-0.3, -0.25) is 4.79 Å². The van der Waals surface area contributed by atoms with Crippen molar-refractivity contribution in [1.29, 1.82) is 0 Å². The normalized spacial score (nSPS) is 35.6. The molecule has 1 aromatic carbocycles. The van der Waals surface area contributed by atoms with E-state index in [0.717, 1.165) is 11.1 Å². The maximum Gasteiger partial charge on any atom is 0.224 e. The molecular formula is C15H16ClNO. The Morgan fingerprint density at radius 2 is 2.39 bits per heavy atom. The van der Waals surface area contributed by atoms with Crippen molar-refractivity contribution in [3.05, 3.63) is 39.4 Å². The van der Waals surface area contributed by atoms with Gasteiger partial charge in [0.05, 0.1) is 5.89 Å². The molecule has 94 valence electrons. The van der Waals surface area contributed by atoms with E-state index in [0.29, 0.717) is 10.6 Å². The van der Waals surface area contributed by atoms with Gasteiger partial charge in [0.25, 0.3) is 0 Å². The fourth-order valence-corrected chi connectivity index (χ4v) is 2.90. The van der Waals surface area contributed by atoms with Gasteiger partial charge in [-0.25, -0.2) is 0 Å². The van der Waals surface area contributed by atoms with Crippen LogP contribution in [0.1, 0.15) is 42.7 Å². The van der Waals surface area contributed by atoms with Gasteiger partial charge in [0.2, 0.25) is 5.91 Å². The molecule has 1 aromatic rings. The van der Waals surface area contributed by atoms with Crippen molar-refractivity contribution in [2.45, 2.75) is 32.5 Å². The third kappa shape index (κ3) is 1.67. The summed E-state index contributed by atoms with van der Waals surface area (Å²) in [5, 5.41) is 0.409. The predicted octanol–water partition coefficient (Wildman–Crippen LogP) is 3.24. The number of amides is 1. The van der Waals surface area contributed by atoms with Crippen LogP contribution in [0.3, 0.4) is 0 Å². The van der Waals surface area contributed by atoms with Crippen LogP contribution in [0.15, 0.2) is 17.7 Å². The highest BCUT2D eigenvalue weighted by Gasteiger charge is 2.33. The smallest absolute Gasteiger partial charge is 0.224 e. The summed E-state index contributed by atoms with van der Waals surface area (Å²) in [6, 6.07) is 3.31. The molecule has 0 saturated carbocycles. The van der Waals surface area contributed by atoms with Gasteiger partial charge in [-0.15, -0.1) is 0 Å². The van der Waals surface area contributed by atoms with Crippen LogP contribution in [0.5, 0.6) is 0 Å². The molecule has 3 rings (SSSR count). The Morgan fingerprint density at radius 3 is 3.11 bits per heavy atom. The standard InChI is InChI=1S/C15H16ClNO/c1-8-5-9(16)6-13-10-3-2-4-11(15(17)18)14(10)7-12(8)13/h5-6,11H,2-4,7H2,1H3,(H2,17,18)/i2D2,3D2,11D. The summed E-state index contributed by atoms with van der Waals surface area (Å²) in [4.78, 5) is 11.9. The molecule has 3 heteroatoms. The summed E-state index contributed by atoms with van der Waals surface area (Å²) in [5.41, 5.74) is 7.79. The van der Waals surface area contributed by atoms with Gasteiger partial charge >= 0.3 is 0 Å². The van der Waals surface area contributed by atoms with E-state index in [4.69, 9.17) is 24.2 Å². The van der Waals surface area contributed by atoms with Gasteiger partial charge in [-0.2, -0.15) is 0 Å². The van der Waals surface area contributed by atoms with Gasteiger partial charge in [0.15, 0.2) is 0 Å². The lowest BCUT2D eigenvalue weighted by Gasteiger charge is -2.22. The van der Waals surface area contributed by atoms with Crippen LogP contribution in [-0.4, -0.2) is 5.91 Å². The Morgan fingerprint density at radius 1 is 1.61 bits per heavy atom. The number of halogens is 1. The summed E-state index contributed by atoms with van der Waals surface area (Å²) in [6.07, 6.45) is -5.09. The van der Waals surface area contributed by atoms with E-state index in [1.165, 1.54) is 0 Å². The number of rotatable bonds is 1. The zero-order valence-electron chi connectivity index (χ0n) is 14.9. The predicted molar refractivity (Wildman–Crippen MR) is 73.3 cm³/mol. The topological polar surface area (TPSA) is 43.1 Å². The molecule has 1 atom stereocenters. The number of benzene rings is 1. The van der Waals surface area contributed by atoms with Gasteiger partial charge in [0, 0.05) is 11.9 Å². The summed E-state index contributed by atoms with van der Waals surface area (Å²) in [5.74, 6) is -2.91. The average molecular weight is 267 g/mol. The molecule has 0 bridgehead atoms. The maximum atomic E-state index is 11.9. The molecule has 1 unspecified atom stereocenters. The van der Waals surface area contributed by atoms with Crippen molar-refractivity contribution in [1.82, 2.24) is 0 Å². The molecule has 18 heavy (non-hydrogen) atoms. The van der Waals surface area contributed by atoms with Crippen LogP contribution >= 0.6 is 11.6 Å². The van der Waals surface area contributed by atoms with Crippen molar-refractivity contribution < 1.29 is 11.6 Å². The van der Waals surface area contributed by atoms with Crippen molar-refractivity contribution in [3.8, 4) is 0 Å². The Hall–Kier alpha value is -1.28. The first kappa shape index (κ1) is 7.34. The van der Waals surface area contributed by atoms with Gasteiger partial charge in [-0.1, -0.05) is 11.6 Å². The molecule has 1 amide bonds. The van der Waals surface area contributed by atoms with E-state index in [-0.39, 0.29) is 17.6 Å². The molecular weight excluding hydrogens is 246 g/mol. The van der Waals surface area contributed by atoms with E-state index in [9.17, 15) is 4.79 Å². The first-order valence-electron chi connectivity index (χ1n) is 8.25. The number of hydrogen-bond acceptors (Lipinski definition) is 1. The number of carbonyl (C=O) groups excluding carboxylic acids is 1. The Balaban J connectivity index is 2.37. The minimum absolute atomic E-state index is 0.0585.